The maximum Gasteiger partial charge on any atom is 0.331 e. The van der Waals surface area contributed by atoms with Crippen molar-refractivity contribution in [1.29, 1.82) is 0 Å². The Kier molecular flexibility index (Phi) is 9.40. The second-order valence-electron chi connectivity index (χ2n) is 5.05. The van der Waals surface area contributed by atoms with Crippen LogP contribution in [-0.4, -0.2) is 37.3 Å². The van der Waals surface area contributed by atoms with E-state index in [1.54, 1.807) is 6.20 Å². The number of rotatable bonds is 11. The number of carbonyl (C=O) groups excluding carboxylic acids is 1. The van der Waals surface area contributed by atoms with Gasteiger partial charge in [0.2, 0.25) is 0 Å². The molecule has 0 aliphatic heterocycles. The first kappa shape index (κ1) is 17.6. The van der Waals surface area contributed by atoms with Gasteiger partial charge in [0.15, 0.2) is 0 Å². The summed E-state index contributed by atoms with van der Waals surface area (Å²) in [7, 11) is 1.37. The van der Waals surface area contributed by atoms with Crippen LogP contribution in [0.2, 0.25) is 0 Å². The van der Waals surface area contributed by atoms with E-state index in [0.29, 0.717) is 6.54 Å². The van der Waals surface area contributed by atoms with E-state index in [2.05, 4.69) is 15.8 Å². The Morgan fingerprint density at radius 2 is 2.14 bits per heavy atom. The molecule has 0 aliphatic rings. The summed E-state index contributed by atoms with van der Waals surface area (Å²) in [6, 6.07) is 4.02. The average molecular weight is 294 g/mol. The zero-order valence-electron chi connectivity index (χ0n) is 12.8. The molecule has 21 heavy (non-hydrogen) atoms. The summed E-state index contributed by atoms with van der Waals surface area (Å²) in [5, 5.41) is 0. The molecule has 1 rings (SSSR count). The van der Waals surface area contributed by atoms with E-state index in [9.17, 15) is 4.79 Å². The predicted octanol–water partition coefficient (Wildman–Crippen LogP) is 2.09. The number of carbonyl (C=O) groups is 1. The smallest absolute Gasteiger partial charge is 0.331 e. The van der Waals surface area contributed by atoms with Gasteiger partial charge < -0.3 is 15.2 Å². The minimum atomic E-state index is -0.328. The molecule has 0 radical (unpaired) electrons. The van der Waals surface area contributed by atoms with E-state index in [-0.39, 0.29) is 18.7 Å². The number of nitrogens with two attached hydrogens (primary N) is 1. The van der Waals surface area contributed by atoms with Crippen LogP contribution in [0.25, 0.3) is 0 Å². The van der Waals surface area contributed by atoms with Gasteiger partial charge in [0.1, 0.15) is 6.61 Å². The third-order valence-electron chi connectivity index (χ3n) is 3.36. The van der Waals surface area contributed by atoms with Crippen LogP contribution in [-0.2, 0) is 20.7 Å². The predicted molar refractivity (Wildman–Crippen MR) is 81.8 cm³/mol. The molecule has 1 aromatic rings. The fourth-order valence-electron chi connectivity index (χ4n) is 2.15. The molecule has 0 aromatic carbocycles. The lowest BCUT2D eigenvalue weighted by atomic mass is 10.0. The number of nitrogens with zero attached hydrogens (tertiary/aromatic N) is 1. The lowest BCUT2D eigenvalue weighted by Crippen LogP contribution is -2.20. The van der Waals surface area contributed by atoms with E-state index >= 15 is 0 Å². The Hall–Kier alpha value is -1.46. The molecule has 0 aliphatic carbocycles. The minimum Gasteiger partial charge on any atom is -0.467 e. The van der Waals surface area contributed by atoms with Crippen molar-refractivity contribution in [3.05, 3.63) is 30.1 Å². The van der Waals surface area contributed by atoms with Gasteiger partial charge in [-0.3, -0.25) is 4.98 Å². The van der Waals surface area contributed by atoms with Gasteiger partial charge in [0.25, 0.3) is 0 Å². The van der Waals surface area contributed by atoms with Crippen molar-refractivity contribution in [3.8, 4) is 0 Å². The Morgan fingerprint density at radius 1 is 1.33 bits per heavy atom. The number of hydrogen-bond donors (Lipinski definition) is 1. The molecule has 1 aromatic heterocycles. The Morgan fingerprint density at radius 3 is 2.81 bits per heavy atom. The summed E-state index contributed by atoms with van der Waals surface area (Å²) in [5.41, 5.74) is 6.74. The highest BCUT2D eigenvalue weighted by Gasteiger charge is 2.11. The zero-order valence-corrected chi connectivity index (χ0v) is 12.8. The molecular formula is C16H26N2O3. The molecule has 0 bridgehead atoms. The van der Waals surface area contributed by atoms with E-state index in [1.807, 2.05) is 12.3 Å². The molecule has 5 nitrogen and oxygen atoms in total. The number of esters is 1. The van der Waals surface area contributed by atoms with Crippen LogP contribution in [0, 0.1) is 0 Å². The van der Waals surface area contributed by atoms with Gasteiger partial charge >= 0.3 is 5.97 Å². The van der Waals surface area contributed by atoms with Gasteiger partial charge in [-0.1, -0.05) is 6.07 Å². The molecule has 0 saturated heterocycles. The van der Waals surface area contributed by atoms with Crippen LogP contribution in [0.3, 0.4) is 0 Å². The second-order valence-corrected chi connectivity index (χ2v) is 5.05. The van der Waals surface area contributed by atoms with Crippen molar-refractivity contribution in [2.75, 3.05) is 20.3 Å². The maximum absolute atomic E-state index is 11.2. The van der Waals surface area contributed by atoms with Crippen LogP contribution in [0.4, 0.5) is 0 Å². The largest absolute Gasteiger partial charge is 0.467 e. The first-order chi connectivity index (χ1) is 10.3. The van der Waals surface area contributed by atoms with Crippen LogP contribution in [0.15, 0.2) is 24.5 Å². The number of pyridine rings is 1. The van der Waals surface area contributed by atoms with Crippen molar-refractivity contribution in [3.63, 3.8) is 0 Å². The SMILES string of the molecule is COC(=O)COC(CCCCN)CCCc1cccnc1. The van der Waals surface area contributed by atoms with Crippen molar-refractivity contribution in [2.24, 2.45) is 5.73 Å². The van der Waals surface area contributed by atoms with Gasteiger partial charge in [-0.15, -0.1) is 0 Å². The molecule has 0 fully saturated rings. The van der Waals surface area contributed by atoms with Crippen LogP contribution in [0.1, 0.15) is 37.7 Å². The quantitative estimate of drug-likeness (QED) is 0.499. The monoisotopic (exact) mass is 294 g/mol. The molecule has 5 heteroatoms. The first-order valence-electron chi connectivity index (χ1n) is 7.53. The molecule has 1 atom stereocenters. The van der Waals surface area contributed by atoms with Crippen LogP contribution < -0.4 is 5.73 Å². The summed E-state index contributed by atoms with van der Waals surface area (Å²) in [6.45, 7) is 0.718. The second kappa shape index (κ2) is 11.2. The highest BCUT2D eigenvalue weighted by molar-refractivity contribution is 5.70. The van der Waals surface area contributed by atoms with Gasteiger partial charge in [0.05, 0.1) is 13.2 Å². The van der Waals surface area contributed by atoms with E-state index in [1.165, 1.54) is 12.7 Å². The number of aromatic nitrogens is 1. The Bertz CT molecular complexity index is 384. The Labute approximate surface area is 126 Å². The van der Waals surface area contributed by atoms with Gasteiger partial charge in [-0.05, 0) is 56.7 Å². The van der Waals surface area contributed by atoms with Crippen LogP contribution >= 0.6 is 0 Å². The standard InChI is InChI=1S/C16H26N2O3/c1-20-16(19)13-21-15(8-2-3-10-17)9-4-6-14-7-5-11-18-12-14/h5,7,11-12,15H,2-4,6,8-10,13,17H2,1H3. The van der Waals surface area contributed by atoms with Crippen molar-refractivity contribution in [2.45, 2.75) is 44.6 Å². The van der Waals surface area contributed by atoms with Gasteiger partial charge in [-0.25, -0.2) is 4.79 Å². The molecule has 1 heterocycles. The zero-order chi connectivity index (χ0) is 15.3. The molecular weight excluding hydrogens is 268 g/mol. The number of unbranched alkanes of at least 4 members (excludes halogenated alkanes) is 1. The molecule has 2 N–H and O–H groups in total. The highest BCUT2D eigenvalue weighted by atomic mass is 16.6. The number of methoxy groups -OCH3 is 1. The van der Waals surface area contributed by atoms with Crippen LogP contribution in [0.5, 0.6) is 0 Å². The van der Waals surface area contributed by atoms with Gasteiger partial charge in [-0.2, -0.15) is 0 Å². The number of hydrogen-bond acceptors (Lipinski definition) is 5. The fourth-order valence-corrected chi connectivity index (χ4v) is 2.15. The molecule has 0 amide bonds. The summed E-state index contributed by atoms with van der Waals surface area (Å²) in [6.07, 6.45) is 9.61. The Balaban J connectivity index is 2.31. The molecule has 0 saturated carbocycles. The van der Waals surface area contributed by atoms with Crippen molar-refractivity contribution in [1.82, 2.24) is 4.98 Å². The third kappa shape index (κ3) is 8.42. The summed E-state index contributed by atoms with van der Waals surface area (Å²) in [5.74, 6) is -0.328. The lowest BCUT2D eigenvalue weighted by molar-refractivity contribution is -0.148. The van der Waals surface area contributed by atoms with E-state index < -0.39 is 0 Å². The summed E-state index contributed by atoms with van der Waals surface area (Å²) in [4.78, 5) is 15.3. The normalized spacial score (nSPS) is 12.1. The average Bonchev–Trinajstić information content (AvgIpc) is 2.53. The first-order valence-corrected chi connectivity index (χ1v) is 7.53. The maximum atomic E-state index is 11.2. The topological polar surface area (TPSA) is 74.4 Å². The molecule has 1 unspecified atom stereocenters. The summed E-state index contributed by atoms with van der Waals surface area (Å²) >= 11 is 0. The summed E-state index contributed by atoms with van der Waals surface area (Å²) < 4.78 is 10.3. The number of ether oxygens (including phenoxy) is 2. The molecule has 118 valence electrons. The highest BCUT2D eigenvalue weighted by Crippen LogP contribution is 2.13. The van der Waals surface area contributed by atoms with E-state index in [0.717, 1.165) is 38.5 Å². The lowest BCUT2D eigenvalue weighted by Gasteiger charge is -2.17. The van der Waals surface area contributed by atoms with E-state index in [4.69, 9.17) is 10.5 Å². The van der Waals surface area contributed by atoms with Crippen molar-refractivity contribution < 1.29 is 14.3 Å². The van der Waals surface area contributed by atoms with Crippen molar-refractivity contribution >= 4 is 5.97 Å². The fraction of sp³-hybridized carbons (Fsp3) is 0.625. The minimum absolute atomic E-state index is 0.0245. The number of aryl methyl sites for hydroxylation is 1. The third-order valence-corrected chi connectivity index (χ3v) is 3.36. The van der Waals surface area contributed by atoms with Gasteiger partial charge in [0, 0.05) is 12.4 Å². The molecule has 0 spiro atoms.